The number of guanidine groups is 1. The lowest BCUT2D eigenvalue weighted by Gasteiger charge is -2.12. The van der Waals surface area contributed by atoms with Gasteiger partial charge in [-0.3, -0.25) is 4.98 Å². The zero-order valence-corrected chi connectivity index (χ0v) is 20.3. The molecule has 0 atom stereocenters. The lowest BCUT2D eigenvalue weighted by molar-refractivity contribution is 0.301. The van der Waals surface area contributed by atoms with E-state index in [2.05, 4.69) is 49.2 Å². The van der Waals surface area contributed by atoms with E-state index in [0.717, 1.165) is 54.8 Å². The molecule has 8 nitrogen and oxygen atoms in total. The van der Waals surface area contributed by atoms with E-state index in [-0.39, 0.29) is 24.0 Å². The highest BCUT2D eigenvalue weighted by molar-refractivity contribution is 14.0. The van der Waals surface area contributed by atoms with Gasteiger partial charge >= 0.3 is 0 Å². The van der Waals surface area contributed by atoms with E-state index in [1.165, 1.54) is 0 Å². The molecule has 2 heterocycles. The molecule has 3 rings (SSSR count). The van der Waals surface area contributed by atoms with E-state index in [4.69, 9.17) is 4.74 Å². The molecule has 0 aliphatic carbocycles. The smallest absolute Gasteiger partial charge is 0.191 e. The highest BCUT2D eigenvalue weighted by Gasteiger charge is 2.03. The van der Waals surface area contributed by atoms with Gasteiger partial charge in [-0.1, -0.05) is 25.1 Å². The quantitative estimate of drug-likeness (QED) is 0.236. The van der Waals surface area contributed by atoms with Gasteiger partial charge in [0.05, 0.1) is 12.2 Å². The van der Waals surface area contributed by atoms with Crippen molar-refractivity contribution >= 4 is 29.9 Å². The first-order valence-corrected chi connectivity index (χ1v) is 10.3. The lowest BCUT2D eigenvalue weighted by Crippen LogP contribution is -2.38. The van der Waals surface area contributed by atoms with Crippen molar-refractivity contribution in [2.24, 2.45) is 4.99 Å². The van der Waals surface area contributed by atoms with Crippen LogP contribution in [0.5, 0.6) is 5.75 Å². The highest BCUT2D eigenvalue weighted by atomic mass is 127. The van der Waals surface area contributed by atoms with Gasteiger partial charge in [0.25, 0.3) is 0 Å². The Morgan fingerprint density at radius 1 is 1.10 bits per heavy atom. The average molecular weight is 535 g/mol. The van der Waals surface area contributed by atoms with Gasteiger partial charge in [0.15, 0.2) is 5.96 Å². The fourth-order valence-corrected chi connectivity index (χ4v) is 2.88. The number of ether oxygens (including phenoxy) is 1. The summed E-state index contributed by atoms with van der Waals surface area (Å²) in [6.45, 7) is 7.52. The second kappa shape index (κ2) is 13.6. The number of hydrogen-bond acceptors (Lipinski definition) is 5. The summed E-state index contributed by atoms with van der Waals surface area (Å²) in [5.74, 6) is 2.60. The van der Waals surface area contributed by atoms with Crippen LogP contribution in [-0.2, 0) is 26.1 Å². The predicted octanol–water partition coefficient (Wildman–Crippen LogP) is 3.19. The lowest BCUT2D eigenvalue weighted by atomic mass is 10.2. The maximum atomic E-state index is 5.78. The van der Waals surface area contributed by atoms with Crippen molar-refractivity contribution in [1.29, 1.82) is 0 Å². The van der Waals surface area contributed by atoms with Crippen molar-refractivity contribution in [2.75, 3.05) is 13.1 Å². The number of hydrogen-bond donors (Lipinski definition) is 2. The average Bonchev–Trinajstić information content (AvgIpc) is 3.25. The molecule has 3 aromatic rings. The minimum atomic E-state index is 0. The Labute approximate surface area is 200 Å². The molecule has 0 fully saturated rings. The number of benzene rings is 1. The molecular weight excluding hydrogens is 505 g/mol. The summed E-state index contributed by atoms with van der Waals surface area (Å²) in [6.07, 6.45) is 4.41. The molecule has 166 valence electrons. The van der Waals surface area contributed by atoms with Gasteiger partial charge in [-0.2, -0.15) is 0 Å². The molecule has 0 bridgehead atoms. The van der Waals surface area contributed by atoms with Crippen LogP contribution in [0.4, 0.5) is 0 Å². The summed E-state index contributed by atoms with van der Waals surface area (Å²) in [5.41, 5.74) is 2.02. The van der Waals surface area contributed by atoms with Gasteiger partial charge in [0, 0.05) is 32.3 Å². The second-order valence-electron chi connectivity index (χ2n) is 6.67. The van der Waals surface area contributed by atoms with Crippen molar-refractivity contribution < 1.29 is 4.74 Å². The Bertz CT molecular complexity index is 913. The van der Waals surface area contributed by atoms with E-state index in [0.29, 0.717) is 13.2 Å². The van der Waals surface area contributed by atoms with Crippen LogP contribution < -0.4 is 15.4 Å². The Hall–Kier alpha value is -2.69. The van der Waals surface area contributed by atoms with Crippen LogP contribution in [0.25, 0.3) is 0 Å². The minimum Gasteiger partial charge on any atom is -0.487 e. The van der Waals surface area contributed by atoms with Gasteiger partial charge in [0.2, 0.25) is 0 Å². The van der Waals surface area contributed by atoms with E-state index in [1.807, 2.05) is 42.5 Å². The molecule has 2 N–H and O–H groups in total. The van der Waals surface area contributed by atoms with Gasteiger partial charge < -0.3 is 19.9 Å². The van der Waals surface area contributed by atoms with Gasteiger partial charge in [-0.25, -0.2) is 4.99 Å². The summed E-state index contributed by atoms with van der Waals surface area (Å²) >= 11 is 0. The molecule has 0 unspecified atom stereocenters. The summed E-state index contributed by atoms with van der Waals surface area (Å²) < 4.78 is 7.84. The summed E-state index contributed by atoms with van der Waals surface area (Å²) in [4.78, 5) is 8.93. The monoisotopic (exact) mass is 535 g/mol. The third-order valence-electron chi connectivity index (χ3n) is 4.46. The Morgan fingerprint density at radius 2 is 1.94 bits per heavy atom. The standard InChI is InChI=1S/C22H29N7O.HI/c1-3-21-28-27-17-29(21)14-13-25-22(23-4-2)26-15-18-8-10-20(11-9-18)30-16-19-7-5-6-12-24-19;/h5-12,17H,3-4,13-16H2,1-2H3,(H2,23,25,26);1H. The third-order valence-corrected chi connectivity index (χ3v) is 4.46. The molecule has 0 saturated carbocycles. The topological polar surface area (TPSA) is 89.3 Å². The molecule has 0 aliphatic rings. The SMILES string of the molecule is CCNC(=NCc1ccc(OCc2ccccn2)cc1)NCCn1cnnc1CC.I. The maximum Gasteiger partial charge on any atom is 0.191 e. The van der Waals surface area contributed by atoms with Crippen molar-refractivity contribution in [3.63, 3.8) is 0 Å². The molecule has 31 heavy (non-hydrogen) atoms. The molecule has 0 spiro atoms. The third kappa shape index (κ3) is 8.16. The number of aromatic nitrogens is 4. The Balaban J connectivity index is 0.00000341. The number of aryl methyl sites for hydroxylation is 1. The first-order chi connectivity index (χ1) is 14.8. The number of pyridine rings is 1. The molecule has 0 radical (unpaired) electrons. The highest BCUT2D eigenvalue weighted by Crippen LogP contribution is 2.14. The van der Waals surface area contributed by atoms with Crippen molar-refractivity contribution in [3.8, 4) is 5.75 Å². The van der Waals surface area contributed by atoms with Gasteiger partial charge in [-0.15, -0.1) is 34.2 Å². The van der Waals surface area contributed by atoms with Crippen LogP contribution in [0, 0.1) is 0 Å². The second-order valence-corrected chi connectivity index (χ2v) is 6.67. The van der Waals surface area contributed by atoms with Crippen LogP contribution in [0.3, 0.4) is 0 Å². The number of rotatable bonds is 10. The molecular formula is C22H30IN7O. The van der Waals surface area contributed by atoms with Crippen LogP contribution in [0.2, 0.25) is 0 Å². The summed E-state index contributed by atoms with van der Waals surface area (Å²) in [6, 6.07) is 13.8. The minimum absolute atomic E-state index is 0. The zero-order chi connectivity index (χ0) is 21.0. The molecule has 1 aromatic carbocycles. The maximum absolute atomic E-state index is 5.78. The van der Waals surface area contributed by atoms with Crippen LogP contribution in [0.15, 0.2) is 60.0 Å². The number of nitrogens with one attached hydrogen (secondary N) is 2. The molecule has 9 heteroatoms. The Morgan fingerprint density at radius 3 is 2.65 bits per heavy atom. The molecule has 0 aliphatic heterocycles. The van der Waals surface area contributed by atoms with Crippen LogP contribution >= 0.6 is 24.0 Å². The van der Waals surface area contributed by atoms with Crippen molar-refractivity contribution in [2.45, 2.75) is 40.0 Å². The van der Waals surface area contributed by atoms with Crippen LogP contribution in [0.1, 0.15) is 30.9 Å². The fourth-order valence-electron chi connectivity index (χ4n) is 2.88. The van der Waals surface area contributed by atoms with Crippen molar-refractivity contribution in [1.82, 2.24) is 30.4 Å². The predicted molar refractivity (Wildman–Crippen MR) is 133 cm³/mol. The van der Waals surface area contributed by atoms with Crippen LogP contribution in [-0.4, -0.2) is 38.8 Å². The number of halogens is 1. The van der Waals surface area contributed by atoms with E-state index in [9.17, 15) is 0 Å². The fraction of sp³-hybridized carbons (Fsp3) is 0.364. The summed E-state index contributed by atoms with van der Waals surface area (Å²) in [5, 5.41) is 14.7. The van der Waals surface area contributed by atoms with Gasteiger partial charge in [-0.05, 0) is 36.8 Å². The molecule has 0 saturated heterocycles. The van der Waals surface area contributed by atoms with Gasteiger partial charge in [0.1, 0.15) is 24.5 Å². The molecule has 0 amide bonds. The van der Waals surface area contributed by atoms with E-state index >= 15 is 0 Å². The first-order valence-electron chi connectivity index (χ1n) is 10.3. The summed E-state index contributed by atoms with van der Waals surface area (Å²) in [7, 11) is 0. The molecule has 2 aromatic heterocycles. The number of aliphatic imine (C=N–C) groups is 1. The Kier molecular flexibility index (Phi) is 10.8. The first kappa shape index (κ1) is 24.6. The zero-order valence-electron chi connectivity index (χ0n) is 18.0. The van der Waals surface area contributed by atoms with E-state index in [1.54, 1.807) is 12.5 Å². The van der Waals surface area contributed by atoms with Crippen molar-refractivity contribution in [3.05, 3.63) is 72.1 Å². The largest absolute Gasteiger partial charge is 0.487 e. The van der Waals surface area contributed by atoms with E-state index < -0.39 is 0 Å². The number of nitrogens with zero attached hydrogens (tertiary/aromatic N) is 5. The normalized spacial score (nSPS) is 11.0.